The Kier molecular flexibility index (Phi) is 7.14. The van der Waals surface area contributed by atoms with Gasteiger partial charge in [-0.2, -0.15) is 0 Å². The van der Waals surface area contributed by atoms with E-state index in [-0.39, 0.29) is 5.91 Å². The second-order valence-electron chi connectivity index (χ2n) is 6.71. The molecule has 0 bridgehead atoms. The highest BCUT2D eigenvalue weighted by atomic mass is 35.5. The van der Waals surface area contributed by atoms with Gasteiger partial charge in [0.15, 0.2) is 0 Å². The van der Waals surface area contributed by atoms with E-state index in [2.05, 4.69) is 5.32 Å². The molecule has 5 nitrogen and oxygen atoms in total. The number of sulfonamides is 1. The van der Waals surface area contributed by atoms with Gasteiger partial charge in [-0.15, -0.1) is 0 Å². The lowest BCUT2D eigenvalue weighted by Crippen LogP contribution is -2.50. The predicted octanol–water partition coefficient (Wildman–Crippen LogP) is 3.58. The fourth-order valence-corrected chi connectivity index (χ4v) is 4.74. The van der Waals surface area contributed by atoms with Crippen LogP contribution in [0.4, 0.5) is 5.69 Å². The van der Waals surface area contributed by atoms with Crippen molar-refractivity contribution in [1.82, 2.24) is 5.32 Å². The molecule has 1 atom stereocenters. The van der Waals surface area contributed by atoms with Crippen LogP contribution in [0.15, 0.2) is 24.3 Å². The molecule has 1 unspecified atom stereocenters. The lowest BCUT2D eigenvalue weighted by Gasteiger charge is -2.31. The zero-order chi connectivity index (χ0) is 18.4. The van der Waals surface area contributed by atoms with Crippen LogP contribution in [-0.2, 0) is 14.8 Å². The number of hydrogen-bond acceptors (Lipinski definition) is 3. The molecule has 0 radical (unpaired) electrons. The van der Waals surface area contributed by atoms with E-state index in [1.165, 1.54) is 23.6 Å². The zero-order valence-electron chi connectivity index (χ0n) is 14.9. The van der Waals surface area contributed by atoms with E-state index in [1.54, 1.807) is 24.3 Å². The van der Waals surface area contributed by atoms with Crippen molar-refractivity contribution >= 4 is 33.2 Å². The molecule has 0 heterocycles. The Labute approximate surface area is 155 Å². The van der Waals surface area contributed by atoms with Crippen LogP contribution < -0.4 is 9.62 Å². The van der Waals surface area contributed by atoms with Crippen LogP contribution in [0.5, 0.6) is 0 Å². The summed E-state index contributed by atoms with van der Waals surface area (Å²) in [6.45, 7) is 2.44. The Balaban J connectivity index is 2.15. The van der Waals surface area contributed by atoms with Gasteiger partial charge < -0.3 is 5.32 Å². The average Bonchev–Trinajstić information content (AvgIpc) is 2.58. The van der Waals surface area contributed by atoms with Crippen molar-refractivity contribution in [3.05, 3.63) is 29.3 Å². The molecule has 1 fully saturated rings. The highest BCUT2D eigenvalue weighted by molar-refractivity contribution is 7.92. The summed E-state index contributed by atoms with van der Waals surface area (Å²) >= 11 is 5.90. The molecule has 1 aromatic rings. The molecule has 1 saturated carbocycles. The summed E-state index contributed by atoms with van der Waals surface area (Å²) < 4.78 is 25.9. The molecule has 7 heteroatoms. The van der Waals surface area contributed by atoms with Gasteiger partial charge in [0.1, 0.15) is 6.04 Å². The van der Waals surface area contributed by atoms with Gasteiger partial charge in [0.2, 0.25) is 15.9 Å². The summed E-state index contributed by atoms with van der Waals surface area (Å²) in [5.74, 6) is 0.255. The van der Waals surface area contributed by atoms with Crippen molar-refractivity contribution in [2.24, 2.45) is 5.92 Å². The maximum atomic E-state index is 12.7. The van der Waals surface area contributed by atoms with Gasteiger partial charge in [-0.05, 0) is 49.4 Å². The van der Waals surface area contributed by atoms with Crippen molar-refractivity contribution in [2.45, 2.75) is 51.5 Å². The summed E-state index contributed by atoms with van der Waals surface area (Å²) in [5.41, 5.74) is 0.451. The van der Waals surface area contributed by atoms with Crippen molar-refractivity contribution in [3.63, 3.8) is 0 Å². The standard InChI is InChI=1S/C18H27ClN2O3S/c1-3-17(18(22)20-13-14-7-5-4-6-8-14)21(25(2,23)24)16-11-9-15(19)10-12-16/h9-12,14,17H,3-8,13H2,1-2H3,(H,20,22). The molecular formula is C18H27ClN2O3S. The molecule has 140 valence electrons. The number of amides is 1. The van der Waals surface area contributed by atoms with Gasteiger partial charge in [-0.3, -0.25) is 9.10 Å². The number of carbonyl (C=O) groups is 1. The van der Waals surface area contributed by atoms with Gasteiger partial charge in [0.25, 0.3) is 0 Å². The highest BCUT2D eigenvalue weighted by Gasteiger charge is 2.31. The third-order valence-corrected chi connectivity index (χ3v) is 6.13. The fraction of sp³-hybridized carbons (Fsp3) is 0.611. The Morgan fingerprint density at radius 2 is 1.84 bits per heavy atom. The van der Waals surface area contributed by atoms with E-state index in [1.807, 2.05) is 6.92 Å². The molecule has 1 aromatic carbocycles. The van der Waals surface area contributed by atoms with Crippen LogP contribution in [0.1, 0.15) is 45.4 Å². The second-order valence-corrected chi connectivity index (χ2v) is 9.00. The van der Waals surface area contributed by atoms with Crippen LogP contribution in [0.25, 0.3) is 0 Å². The molecule has 0 aliphatic heterocycles. The molecule has 0 spiro atoms. The maximum absolute atomic E-state index is 12.7. The van der Waals surface area contributed by atoms with Gasteiger partial charge in [-0.1, -0.05) is 37.8 Å². The molecule has 1 N–H and O–H groups in total. The number of hydrogen-bond donors (Lipinski definition) is 1. The number of nitrogens with zero attached hydrogens (tertiary/aromatic N) is 1. The lowest BCUT2D eigenvalue weighted by atomic mass is 9.89. The van der Waals surface area contributed by atoms with Gasteiger partial charge in [0, 0.05) is 11.6 Å². The molecule has 0 saturated heterocycles. The largest absolute Gasteiger partial charge is 0.354 e. The Morgan fingerprint density at radius 1 is 1.24 bits per heavy atom. The summed E-state index contributed by atoms with van der Waals surface area (Å²) in [5, 5.41) is 3.49. The first-order valence-electron chi connectivity index (χ1n) is 8.85. The summed E-state index contributed by atoms with van der Waals surface area (Å²) in [6, 6.07) is 5.74. The minimum atomic E-state index is -3.60. The normalized spacial score (nSPS) is 17.1. The predicted molar refractivity (Wildman–Crippen MR) is 102 cm³/mol. The third-order valence-electron chi connectivity index (χ3n) is 4.70. The third kappa shape index (κ3) is 5.61. The van der Waals surface area contributed by atoms with Crippen LogP contribution in [0, 0.1) is 5.92 Å². The number of carbonyl (C=O) groups excluding carboxylic acids is 1. The van der Waals surface area contributed by atoms with E-state index in [9.17, 15) is 13.2 Å². The Hall–Kier alpha value is -1.27. The number of halogens is 1. The number of benzene rings is 1. The van der Waals surface area contributed by atoms with Crippen molar-refractivity contribution in [3.8, 4) is 0 Å². The topological polar surface area (TPSA) is 66.5 Å². The Morgan fingerprint density at radius 3 is 2.36 bits per heavy atom. The molecular weight excluding hydrogens is 360 g/mol. The van der Waals surface area contributed by atoms with Crippen LogP contribution >= 0.6 is 11.6 Å². The van der Waals surface area contributed by atoms with E-state index in [0.717, 1.165) is 19.1 Å². The summed E-state index contributed by atoms with van der Waals surface area (Å²) in [6.07, 6.45) is 7.45. The molecule has 2 rings (SSSR count). The minimum absolute atomic E-state index is 0.242. The SMILES string of the molecule is CCC(C(=O)NCC1CCCCC1)N(c1ccc(Cl)cc1)S(C)(=O)=O. The van der Waals surface area contributed by atoms with Crippen LogP contribution in [0.3, 0.4) is 0 Å². The number of rotatable bonds is 7. The highest BCUT2D eigenvalue weighted by Crippen LogP contribution is 2.25. The molecule has 0 aromatic heterocycles. The smallest absolute Gasteiger partial charge is 0.243 e. The first-order valence-corrected chi connectivity index (χ1v) is 11.1. The van der Waals surface area contributed by atoms with Crippen LogP contribution in [0.2, 0.25) is 5.02 Å². The number of anilines is 1. The van der Waals surface area contributed by atoms with E-state index in [0.29, 0.717) is 29.6 Å². The van der Waals surface area contributed by atoms with E-state index >= 15 is 0 Å². The molecule has 1 aliphatic carbocycles. The lowest BCUT2D eigenvalue weighted by molar-refractivity contribution is -0.122. The van der Waals surface area contributed by atoms with Crippen LogP contribution in [-0.4, -0.2) is 33.2 Å². The van der Waals surface area contributed by atoms with Gasteiger partial charge >= 0.3 is 0 Å². The quantitative estimate of drug-likeness (QED) is 0.778. The molecule has 25 heavy (non-hydrogen) atoms. The fourth-order valence-electron chi connectivity index (χ4n) is 3.40. The first kappa shape index (κ1) is 20.0. The summed E-state index contributed by atoms with van der Waals surface area (Å²) in [7, 11) is -3.60. The van der Waals surface area contributed by atoms with Crippen molar-refractivity contribution in [1.29, 1.82) is 0 Å². The van der Waals surface area contributed by atoms with E-state index < -0.39 is 16.1 Å². The second kappa shape index (κ2) is 8.90. The first-order chi connectivity index (χ1) is 11.8. The van der Waals surface area contributed by atoms with Gasteiger partial charge in [0.05, 0.1) is 11.9 Å². The maximum Gasteiger partial charge on any atom is 0.243 e. The Bertz CT molecular complexity index is 670. The van der Waals surface area contributed by atoms with Crippen molar-refractivity contribution < 1.29 is 13.2 Å². The molecule has 1 aliphatic rings. The van der Waals surface area contributed by atoms with E-state index in [4.69, 9.17) is 11.6 Å². The van der Waals surface area contributed by atoms with Crippen molar-refractivity contribution in [2.75, 3.05) is 17.1 Å². The zero-order valence-corrected chi connectivity index (χ0v) is 16.4. The minimum Gasteiger partial charge on any atom is -0.354 e. The monoisotopic (exact) mass is 386 g/mol. The average molecular weight is 387 g/mol. The van der Waals surface area contributed by atoms with Gasteiger partial charge in [-0.25, -0.2) is 8.42 Å². The molecule has 1 amide bonds. The number of nitrogens with one attached hydrogen (secondary N) is 1. The summed E-state index contributed by atoms with van der Waals surface area (Å²) in [4.78, 5) is 12.7.